The summed E-state index contributed by atoms with van der Waals surface area (Å²) in [6, 6.07) is 8.48. The average molecular weight is 146 g/mol. The second kappa shape index (κ2) is 4.60. The molecule has 0 aromatic heterocycles. The third-order valence-corrected chi connectivity index (χ3v) is 1.22. The van der Waals surface area contributed by atoms with E-state index in [9.17, 15) is 0 Å². The van der Waals surface area contributed by atoms with E-state index in [-0.39, 0.29) is 18.9 Å². The Labute approximate surface area is 77.0 Å². The average Bonchev–Trinajstić information content (AvgIpc) is 1.77. The molecule has 11 heavy (non-hydrogen) atoms. The third-order valence-electron chi connectivity index (χ3n) is 1.22. The summed E-state index contributed by atoms with van der Waals surface area (Å²) in [7, 11) is -2.17. The summed E-state index contributed by atoms with van der Waals surface area (Å²) in [5.41, 5.74) is 2.85. The van der Waals surface area contributed by atoms with Crippen LogP contribution in [0.4, 0.5) is 0 Å². The molecule has 0 saturated heterocycles. The standard InChI is InChI=1S/C6H4.BH3O3.Li.H/c1-2-6-4-3-5(1)6;2-1(3)4;;/h1-4H;2-4H;;. The fraction of sp³-hybridized carbons (Fsp3) is 0. The number of hydrogen-bond donors (Lipinski definition) is 3. The smallest absolute Gasteiger partial charge is 0.0184 e. The molecular formula is C6H8BLiO3. The Balaban J connectivity index is 0.000000183. The molecule has 0 radical (unpaired) electrons. The predicted molar refractivity (Wildman–Crippen MR) is 45.0 cm³/mol. The van der Waals surface area contributed by atoms with Crippen LogP contribution in [0.1, 0.15) is 0 Å². The van der Waals surface area contributed by atoms with Gasteiger partial charge in [-0.05, 0) is 11.1 Å². The summed E-state index contributed by atoms with van der Waals surface area (Å²) >= 11 is 0. The van der Waals surface area contributed by atoms with Crippen molar-refractivity contribution in [3.63, 3.8) is 0 Å². The molecule has 54 valence electrons. The molecule has 0 heterocycles. The summed E-state index contributed by atoms with van der Waals surface area (Å²) in [6.07, 6.45) is 0. The van der Waals surface area contributed by atoms with Crippen LogP contribution in [-0.4, -0.2) is 41.3 Å². The van der Waals surface area contributed by atoms with Gasteiger partial charge in [-0.15, -0.1) is 0 Å². The Morgan fingerprint density at radius 3 is 1.00 bits per heavy atom. The van der Waals surface area contributed by atoms with Gasteiger partial charge in [0.25, 0.3) is 0 Å². The van der Waals surface area contributed by atoms with E-state index in [1.807, 2.05) is 0 Å². The van der Waals surface area contributed by atoms with Crippen molar-refractivity contribution in [1.82, 2.24) is 0 Å². The largest absolute Gasteiger partial charge is 0.0538 e. The van der Waals surface area contributed by atoms with Gasteiger partial charge in [0.2, 0.25) is 0 Å². The molecule has 0 aromatic rings. The number of fused-ring (bicyclic) bond motifs is 1. The molecule has 0 amide bonds. The van der Waals surface area contributed by atoms with Gasteiger partial charge in [0.05, 0.1) is 0 Å². The first kappa shape index (κ1) is 10.8. The Morgan fingerprint density at radius 1 is 0.818 bits per heavy atom. The van der Waals surface area contributed by atoms with Gasteiger partial charge in [-0.3, -0.25) is 0 Å². The van der Waals surface area contributed by atoms with Gasteiger partial charge in [-0.2, -0.15) is 0 Å². The fourth-order valence-electron chi connectivity index (χ4n) is 0.663. The molecular weight excluding hydrogens is 138 g/mol. The molecule has 0 atom stereocenters. The summed E-state index contributed by atoms with van der Waals surface area (Å²) < 4.78 is 0. The number of rotatable bonds is 0. The third kappa shape index (κ3) is 3.11. The molecule has 0 aromatic carbocycles. The SMILES string of the molecule is OB(O)O.[LiH].c1cc2ccc1-2. The molecule has 3 nitrogen and oxygen atoms in total. The maximum absolute atomic E-state index is 7.17. The molecule has 0 saturated carbocycles. The molecule has 5 heteroatoms. The molecule has 2 aliphatic rings. The van der Waals surface area contributed by atoms with Gasteiger partial charge >= 0.3 is 26.2 Å². The minimum Gasteiger partial charge on any atom is -0.0538 e. The van der Waals surface area contributed by atoms with Crippen LogP contribution >= 0.6 is 0 Å². The predicted octanol–water partition coefficient (Wildman–Crippen LogP) is -1.03. The van der Waals surface area contributed by atoms with Crippen LogP contribution in [0.2, 0.25) is 0 Å². The first-order chi connectivity index (χ1) is 4.70. The van der Waals surface area contributed by atoms with E-state index in [1.165, 1.54) is 11.1 Å². The van der Waals surface area contributed by atoms with Crippen LogP contribution in [0.5, 0.6) is 0 Å². The fourth-order valence-corrected chi connectivity index (χ4v) is 0.663. The second-order valence-electron chi connectivity index (χ2n) is 1.92. The van der Waals surface area contributed by atoms with Crippen LogP contribution in [0.3, 0.4) is 0 Å². The van der Waals surface area contributed by atoms with E-state index in [4.69, 9.17) is 15.1 Å². The van der Waals surface area contributed by atoms with Gasteiger partial charge in [-0.25, -0.2) is 0 Å². The maximum atomic E-state index is 7.17. The zero-order valence-corrected chi connectivity index (χ0v) is 5.23. The van der Waals surface area contributed by atoms with Crippen LogP contribution in [0.25, 0.3) is 11.1 Å². The van der Waals surface area contributed by atoms with Crippen molar-refractivity contribution in [2.45, 2.75) is 0 Å². The van der Waals surface area contributed by atoms with Gasteiger partial charge in [0.1, 0.15) is 0 Å². The summed E-state index contributed by atoms with van der Waals surface area (Å²) in [6.45, 7) is 0. The normalized spacial score (nSPS) is 8.64. The van der Waals surface area contributed by atoms with Crippen molar-refractivity contribution >= 4 is 26.2 Å². The molecule has 2 rings (SSSR count). The van der Waals surface area contributed by atoms with E-state index in [0.29, 0.717) is 0 Å². The zero-order valence-electron chi connectivity index (χ0n) is 5.23. The van der Waals surface area contributed by atoms with Gasteiger partial charge in [-0.1, -0.05) is 24.3 Å². The van der Waals surface area contributed by atoms with E-state index in [2.05, 4.69) is 24.3 Å². The first-order valence-electron chi connectivity index (χ1n) is 2.85. The number of benzene rings is 1. The Kier molecular flexibility index (Phi) is 4.50. The van der Waals surface area contributed by atoms with E-state index >= 15 is 0 Å². The van der Waals surface area contributed by atoms with Gasteiger partial charge in [0, 0.05) is 0 Å². The van der Waals surface area contributed by atoms with Gasteiger partial charge in [0.15, 0.2) is 0 Å². The quantitative estimate of drug-likeness (QED) is 0.416. The minimum absolute atomic E-state index is 0. The molecule has 2 aliphatic carbocycles. The van der Waals surface area contributed by atoms with E-state index in [1.54, 1.807) is 0 Å². The van der Waals surface area contributed by atoms with E-state index < -0.39 is 7.32 Å². The van der Waals surface area contributed by atoms with Crippen LogP contribution in [-0.2, 0) is 0 Å². The molecule has 0 bridgehead atoms. The Hall–Kier alpha value is -0.238. The number of hydrogen-bond acceptors (Lipinski definition) is 3. The maximum Gasteiger partial charge on any atom is -0.0184 e. The second-order valence-corrected chi connectivity index (χ2v) is 1.92. The van der Waals surface area contributed by atoms with Crippen molar-refractivity contribution in [3.05, 3.63) is 24.3 Å². The Morgan fingerprint density at radius 2 is 1.00 bits per heavy atom. The van der Waals surface area contributed by atoms with Crippen LogP contribution < -0.4 is 0 Å². The first-order valence-corrected chi connectivity index (χ1v) is 2.85. The van der Waals surface area contributed by atoms with Crippen molar-refractivity contribution in [3.8, 4) is 11.1 Å². The van der Waals surface area contributed by atoms with Crippen molar-refractivity contribution in [2.24, 2.45) is 0 Å². The van der Waals surface area contributed by atoms with Crippen molar-refractivity contribution < 1.29 is 15.1 Å². The molecule has 0 spiro atoms. The summed E-state index contributed by atoms with van der Waals surface area (Å²) in [4.78, 5) is 0. The summed E-state index contributed by atoms with van der Waals surface area (Å²) in [5, 5.41) is 21.5. The Bertz CT molecular complexity index is 188. The molecule has 0 unspecified atom stereocenters. The van der Waals surface area contributed by atoms with Crippen molar-refractivity contribution in [2.75, 3.05) is 0 Å². The van der Waals surface area contributed by atoms with Crippen molar-refractivity contribution in [1.29, 1.82) is 0 Å². The van der Waals surface area contributed by atoms with Crippen LogP contribution in [0, 0.1) is 0 Å². The molecule has 3 N–H and O–H groups in total. The zero-order chi connectivity index (χ0) is 7.56. The summed E-state index contributed by atoms with van der Waals surface area (Å²) in [5.74, 6) is 0. The van der Waals surface area contributed by atoms with E-state index in [0.717, 1.165) is 0 Å². The minimum atomic E-state index is -2.17. The van der Waals surface area contributed by atoms with Gasteiger partial charge < -0.3 is 15.1 Å². The molecule has 0 fully saturated rings. The monoisotopic (exact) mass is 146 g/mol. The van der Waals surface area contributed by atoms with Crippen LogP contribution in [0.15, 0.2) is 24.3 Å². The topological polar surface area (TPSA) is 60.7 Å². The molecule has 0 aliphatic heterocycles.